The summed E-state index contributed by atoms with van der Waals surface area (Å²) < 4.78 is 0. The minimum Gasteiger partial charge on any atom is -0.476 e. The van der Waals surface area contributed by atoms with Crippen molar-refractivity contribution in [3.63, 3.8) is 0 Å². The Hall–Kier alpha value is -0.940. The molecule has 1 aliphatic rings. The van der Waals surface area contributed by atoms with Crippen LogP contribution in [0.3, 0.4) is 0 Å². The lowest BCUT2D eigenvalue weighted by atomic mass is 9.87. The largest absolute Gasteiger partial charge is 0.476 e. The van der Waals surface area contributed by atoms with Crippen molar-refractivity contribution in [3.05, 3.63) is 16.1 Å². The fraction of sp³-hybridized carbons (Fsp3) is 0.667. The second-order valence-electron chi connectivity index (χ2n) is 5.01. The molecule has 1 unspecified atom stereocenters. The molecule has 0 aromatic carbocycles. The number of carboxylic acid groups (broad SMARTS) is 1. The number of carboxylic acids is 1. The van der Waals surface area contributed by atoms with E-state index in [4.69, 9.17) is 5.11 Å². The van der Waals surface area contributed by atoms with Gasteiger partial charge < -0.3 is 5.11 Å². The number of rotatable bonds is 4. The van der Waals surface area contributed by atoms with Gasteiger partial charge in [-0.1, -0.05) is 13.8 Å². The maximum Gasteiger partial charge on any atom is 0.355 e. The van der Waals surface area contributed by atoms with Crippen molar-refractivity contribution in [2.45, 2.75) is 26.8 Å². The first kappa shape index (κ1) is 12.5. The van der Waals surface area contributed by atoms with Gasteiger partial charge >= 0.3 is 5.97 Å². The van der Waals surface area contributed by atoms with E-state index in [1.807, 2.05) is 0 Å². The van der Waals surface area contributed by atoms with Crippen molar-refractivity contribution in [1.29, 1.82) is 0 Å². The summed E-state index contributed by atoms with van der Waals surface area (Å²) in [5.41, 5.74) is 0.165. The molecule has 0 radical (unpaired) electrons. The van der Waals surface area contributed by atoms with Crippen LogP contribution < -0.4 is 0 Å². The quantitative estimate of drug-likeness (QED) is 0.897. The molecule has 2 heterocycles. The van der Waals surface area contributed by atoms with E-state index >= 15 is 0 Å². The maximum absolute atomic E-state index is 10.8. The van der Waals surface area contributed by atoms with E-state index in [0.717, 1.165) is 29.9 Å². The van der Waals surface area contributed by atoms with Gasteiger partial charge in [0.25, 0.3) is 0 Å². The Kier molecular flexibility index (Phi) is 3.49. The summed E-state index contributed by atoms with van der Waals surface area (Å²) in [6.45, 7) is 8.79. The second kappa shape index (κ2) is 4.74. The van der Waals surface area contributed by atoms with Crippen molar-refractivity contribution in [3.8, 4) is 0 Å². The molecule has 1 aromatic rings. The van der Waals surface area contributed by atoms with Crippen LogP contribution in [0.4, 0.5) is 0 Å². The average Bonchev–Trinajstić information content (AvgIpc) is 2.62. The van der Waals surface area contributed by atoms with E-state index in [1.54, 1.807) is 5.38 Å². The SMILES string of the molecule is CC(C)C1CN(C(C)c2nc(C(=O)O)cs2)C1. The number of carbonyl (C=O) groups is 1. The molecule has 2 rings (SSSR count). The number of nitrogens with zero attached hydrogens (tertiary/aromatic N) is 2. The number of hydrogen-bond donors (Lipinski definition) is 1. The second-order valence-corrected chi connectivity index (χ2v) is 5.90. The number of aromatic nitrogens is 1. The highest BCUT2D eigenvalue weighted by atomic mass is 32.1. The van der Waals surface area contributed by atoms with Gasteiger partial charge in [-0.2, -0.15) is 0 Å². The monoisotopic (exact) mass is 254 g/mol. The van der Waals surface area contributed by atoms with Crippen LogP contribution in [0, 0.1) is 11.8 Å². The Bertz CT molecular complexity index is 410. The summed E-state index contributed by atoms with van der Waals surface area (Å²) >= 11 is 1.44. The van der Waals surface area contributed by atoms with Crippen molar-refractivity contribution >= 4 is 17.3 Å². The third-order valence-electron chi connectivity index (χ3n) is 3.53. The highest BCUT2D eigenvalue weighted by molar-refractivity contribution is 7.09. The predicted octanol–water partition coefficient (Wildman–Crippen LogP) is 2.49. The van der Waals surface area contributed by atoms with Gasteiger partial charge in [-0.15, -0.1) is 11.3 Å². The first-order chi connectivity index (χ1) is 7.99. The summed E-state index contributed by atoms with van der Waals surface area (Å²) in [5, 5.41) is 11.4. The standard InChI is InChI=1S/C12H18N2O2S/c1-7(2)9-4-14(5-9)8(3)11-13-10(6-17-11)12(15)16/h6-9H,4-5H2,1-3H3,(H,15,16). The maximum atomic E-state index is 10.8. The fourth-order valence-electron chi connectivity index (χ4n) is 2.02. The first-order valence-electron chi connectivity index (χ1n) is 5.91. The molecule has 4 nitrogen and oxygen atoms in total. The minimum atomic E-state index is -0.941. The van der Waals surface area contributed by atoms with Gasteiger partial charge in [0.1, 0.15) is 5.01 Å². The molecule has 1 saturated heterocycles. The van der Waals surface area contributed by atoms with Gasteiger partial charge in [0.2, 0.25) is 0 Å². The van der Waals surface area contributed by atoms with Crippen LogP contribution in [-0.2, 0) is 0 Å². The molecule has 1 N–H and O–H groups in total. The van der Waals surface area contributed by atoms with Crippen molar-refractivity contribution < 1.29 is 9.90 Å². The number of hydrogen-bond acceptors (Lipinski definition) is 4. The van der Waals surface area contributed by atoms with E-state index in [0.29, 0.717) is 0 Å². The van der Waals surface area contributed by atoms with Gasteiger partial charge in [-0.25, -0.2) is 9.78 Å². The zero-order chi connectivity index (χ0) is 12.6. The summed E-state index contributed by atoms with van der Waals surface area (Å²) in [5.74, 6) is 0.559. The summed E-state index contributed by atoms with van der Waals surface area (Å²) in [4.78, 5) is 17.3. The molecule has 1 aliphatic heterocycles. The van der Waals surface area contributed by atoms with Gasteiger partial charge in [0.05, 0.1) is 6.04 Å². The number of likely N-dealkylation sites (tertiary alicyclic amines) is 1. The van der Waals surface area contributed by atoms with Gasteiger partial charge in [-0.05, 0) is 18.8 Å². The van der Waals surface area contributed by atoms with Gasteiger partial charge in [0, 0.05) is 18.5 Å². The summed E-state index contributed by atoms with van der Waals surface area (Å²) in [7, 11) is 0. The zero-order valence-corrected chi connectivity index (χ0v) is 11.2. The van der Waals surface area contributed by atoms with E-state index < -0.39 is 5.97 Å². The Labute approximate surface area is 105 Å². The molecular weight excluding hydrogens is 236 g/mol. The van der Waals surface area contributed by atoms with Crippen LogP contribution in [0.5, 0.6) is 0 Å². The molecular formula is C12H18N2O2S. The molecule has 0 amide bonds. The molecule has 94 valence electrons. The molecule has 5 heteroatoms. The van der Waals surface area contributed by atoms with Crippen LogP contribution in [0.25, 0.3) is 0 Å². The Morgan fingerprint density at radius 2 is 2.18 bits per heavy atom. The Morgan fingerprint density at radius 3 is 2.65 bits per heavy atom. The molecule has 0 saturated carbocycles. The smallest absolute Gasteiger partial charge is 0.355 e. The van der Waals surface area contributed by atoms with Crippen LogP contribution in [0.15, 0.2) is 5.38 Å². The van der Waals surface area contributed by atoms with E-state index in [9.17, 15) is 4.79 Å². The van der Waals surface area contributed by atoms with Gasteiger partial charge in [0.15, 0.2) is 5.69 Å². The van der Waals surface area contributed by atoms with Crippen LogP contribution in [0.2, 0.25) is 0 Å². The van der Waals surface area contributed by atoms with E-state index in [1.165, 1.54) is 11.3 Å². The molecule has 0 spiro atoms. The Morgan fingerprint density at radius 1 is 1.53 bits per heavy atom. The molecule has 0 bridgehead atoms. The van der Waals surface area contributed by atoms with Crippen LogP contribution in [0.1, 0.15) is 42.3 Å². The lowest BCUT2D eigenvalue weighted by Crippen LogP contribution is -2.49. The van der Waals surface area contributed by atoms with Crippen LogP contribution in [-0.4, -0.2) is 34.0 Å². The zero-order valence-electron chi connectivity index (χ0n) is 10.4. The predicted molar refractivity (Wildman–Crippen MR) is 67.4 cm³/mol. The molecule has 1 atom stereocenters. The number of aromatic carboxylic acids is 1. The fourth-order valence-corrected chi connectivity index (χ4v) is 2.90. The summed E-state index contributed by atoms with van der Waals surface area (Å²) in [6.07, 6.45) is 0. The topological polar surface area (TPSA) is 53.4 Å². The summed E-state index contributed by atoms with van der Waals surface area (Å²) in [6, 6.07) is 0.239. The average molecular weight is 254 g/mol. The highest BCUT2D eigenvalue weighted by Crippen LogP contribution is 2.33. The lowest BCUT2D eigenvalue weighted by molar-refractivity contribution is 0.0335. The highest BCUT2D eigenvalue weighted by Gasteiger charge is 2.33. The molecule has 1 aromatic heterocycles. The van der Waals surface area contributed by atoms with Crippen molar-refractivity contribution in [2.24, 2.45) is 11.8 Å². The van der Waals surface area contributed by atoms with Gasteiger partial charge in [-0.3, -0.25) is 4.90 Å². The minimum absolute atomic E-state index is 0.165. The van der Waals surface area contributed by atoms with E-state index in [2.05, 4.69) is 30.7 Å². The van der Waals surface area contributed by atoms with Crippen molar-refractivity contribution in [2.75, 3.05) is 13.1 Å². The van der Waals surface area contributed by atoms with E-state index in [-0.39, 0.29) is 11.7 Å². The Balaban J connectivity index is 1.96. The van der Waals surface area contributed by atoms with Crippen LogP contribution >= 0.6 is 11.3 Å². The lowest BCUT2D eigenvalue weighted by Gasteiger charge is -2.44. The first-order valence-corrected chi connectivity index (χ1v) is 6.79. The molecule has 17 heavy (non-hydrogen) atoms. The molecule has 0 aliphatic carbocycles. The third-order valence-corrected chi connectivity index (χ3v) is 4.54. The molecule has 1 fully saturated rings. The number of thiazole rings is 1. The van der Waals surface area contributed by atoms with Crippen molar-refractivity contribution in [1.82, 2.24) is 9.88 Å². The third kappa shape index (κ3) is 2.50. The normalized spacial score (nSPS) is 19.3.